The van der Waals surface area contributed by atoms with E-state index in [2.05, 4.69) is 105 Å². The van der Waals surface area contributed by atoms with Crippen LogP contribution in [0.4, 0.5) is 0 Å². The van der Waals surface area contributed by atoms with Gasteiger partial charge in [0, 0.05) is 18.8 Å². The first-order valence-corrected chi connectivity index (χ1v) is 21.8. The Morgan fingerprint density at radius 1 is 1.05 bits per heavy atom. The molecule has 0 bridgehead atoms. The molecule has 0 aromatic heterocycles. The molecule has 0 heterocycles. The third-order valence-electron chi connectivity index (χ3n) is 10.5. The maximum absolute atomic E-state index is 11.5. The highest BCUT2D eigenvalue weighted by Crippen LogP contribution is 2.53. The van der Waals surface area contributed by atoms with E-state index in [-0.39, 0.29) is 28.3 Å². The Morgan fingerprint density at radius 2 is 1.68 bits per heavy atom. The fourth-order valence-corrected chi connectivity index (χ4v) is 8.44. The predicted octanol–water partition coefficient (Wildman–Crippen LogP) is 9.69. The van der Waals surface area contributed by atoms with Crippen molar-refractivity contribution in [3.05, 3.63) is 23.8 Å². The second kappa shape index (κ2) is 14.6. The number of carbonyl (C=O) groups is 1. The van der Waals surface area contributed by atoms with E-state index >= 15 is 0 Å². The maximum atomic E-state index is 11.5. The Kier molecular flexibility index (Phi) is 12.8. The molecule has 2 saturated carbocycles. The number of hydrogen-bond donors (Lipinski definition) is 0. The average molecular weight is 603 g/mol. The van der Waals surface area contributed by atoms with Crippen LogP contribution in [0.1, 0.15) is 100 Å². The largest absolute Gasteiger partial charge is 0.469 e. The number of esters is 1. The van der Waals surface area contributed by atoms with Gasteiger partial charge in [0.2, 0.25) is 0 Å². The van der Waals surface area contributed by atoms with Crippen molar-refractivity contribution in [1.29, 1.82) is 0 Å². The normalized spacial score (nSPS) is 26.1. The van der Waals surface area contributed by atoms with Gasteiger partial charge in [-0.25, -0.2) is 0 Å². The molecule has 0 aliphatic heterocycles. The van der Waals surface area contributed by atoms with Crippen molar-refractivity contribution >= 4 is 22.6 Å². The molecule has 6 atom stereocenters. The van der Waals surface area contributed by atoms with E-state index in [4.69, 9.17) is 13.6 Å². The first kappa shape index (κ1) is 36.1. The molecule has 0 amide bonds. The van der Waals surface area contributed by atoms with E-state index in [1.54, 1.807) is 5.57 Å². The number of allylic oxidation sites excluding steroid dienone is 2. The lowest BCUT2D eigenvalue weighted by atomic mass is 9.89. The van der Waals surface area contributed by atoms with Crippen molar-refractivity contribution in [1.82, 2.24) is 0 Å². The molecule has 2 fully saturated rings. The minimum atomic E-state index is -1.96. The summed E-state index contributed by atoms with van der Waals surface area (Å²) in [4.78, 5) is 11.5. The molecule has 2 aliphatic rings. The quantitative estimate of drug-likeness (QED) is 0.0733. The van der Waals surface area contributed by atoms with E-state index in [0.29, 0.717) is 30.1 Å². The molecule has 0 spiro atoms. The molecule has 0 N–H and O–H groups in total. The number of fused-ring (bicyclic) bond motifs is 1. The molecule has 0 radical (unpaired) electrons. The van der Waals surface area contributed by atoms with Crippen molar-refractivity contribution in [2.75, 3.05) is 7.11 Å². The molecule has 2 rings (SSSR count). The molecule has 0 aromatic rings. The van der Waals surface area contributed by atoms with Gasteiger partial charge in [-0.05, 0) is 93.0 Å². The van der Waals surface area contributed by atoms with Gasteiger partial charge in [-0.15, -0.1) is 11.8 Å². The van der Waals surface area contributed by atoms with Crippen LogP contribution in [0.5, 0.6) is 0 Å². The first-order chi connectivity index (χ1) is 18.8. The summed E-state index contributed by atoms with van der Waals surface area (Å²) in [5.41, 5.74) is 1.56. The lowest BCUT2D eigenvalue weighted by Gasteiger charge is -2.41. The standard InChI is InChI=1S/C35H62O4Si2/c1-14-15-18-26(2)31(38-40(10,11)34(3,4)5)22-21-29-30-24-27(19-16-17-20-33(36)37-9)23-28(30)25-32(29)39-41(12,13)35(6,7)8/h19,21-22,26,28-32H,16-18,20,23-25H2,1-13H3/b22-21+,27-19?/t26-,28-,29+,30-,31+,32+/m0/s1. The third-order valence-corrected chi connectivity index (χ3v) is 19.5. The second-order valence-electron chi connectivity index (χ2n) is 15.7. The number of unbranched alkanes of at least 4 members (excludes halogenated alkanes) is 1. The van der Waals surface area contributed by atoms with Gasteiger partial charge in [-0.3, -0.25) is 4.79 Å². The van der Waals surface area contributed by atoms with Crippen LogP contribution in [0, 0.1) is 35.5 Å². The molecule has 2 aliphatic carbocycles. The zero-order chi connectivity index (χ0) is 31.2. The minimum absolute atomic E-state index is 0.0547. The maximum Gasteiger partial charge on any atom is 0.305 e. The highest BCUT2D eigenvalue weighted by molar-refractivity contribution is 6.74. The Labute approximate surface area is 255 Å². The number of methoxy groups -OCH3 is 1. The van der Waals surface area contributed by atoms with Crippen molar-refractivity contribution in [3.63, 3.8) is 0 Å². The zero-order valence-electron chi connectivity index (χ0n) is 28.8. The molecular weight excluding hydrogens is 541 g/mol. The topological polar surface area (TPSA) is 44.8 Å². The molecule has 0 aromatic carbocycles. The van der Waals surface area contributed by atoms with Crippen LogP contribution in [0.2, 0.25) is 36.3 Å². The van der Waals surface area contributed by atoms with E-state index in [0.717, 1.165) is 38.5 Å². The highest BCUT2D eigenvalue weighted by Gasteiger charge is 2.50. The van der Waals surface area contributed by atoms with Gasteiger partial charge in [-0.1, -0.05) is 72.3 Å². The van der Waals surface area contributed by atoms with Crippen LogP contribution in [0.25, 0.3) is 0 Å². The van der Waals surface area contributed by atoms with Gasteiger partial charge in [0.1, 0.15) is 0 Å². The molecular formula is C35H62O4Si2. The number of ether oxygens (including phenoxy) is 1. The molecule has 0 saturated heterocycles. The predicted molar refractivity (Wildman–Crippen MR) is 179 cm³/mol. The summed E-state index contributed by atoms with van der Waals surface area (Å²) < 4.78 is 19.0. The summed E-state index contributed by atoms with van der Waals surface area (Å²) in [6, 6.07) is 0. The van der Waals surface area contributed by atoms with Crippen molar-refractivity contribution in [3.8, 4) is 11.8 Å². The fourth-order valence-electron chi connectivity index (χ4n) is 5.73. The summed E-state index contributed by atoms with van der Waals surface area (Å²) in [7, 11) is -2.40. The average Bonchev–Trinajstić information content (AvgIpc) is 3.37. The minimum Gasteiger partial charge on any atom is -0.469 e. The number of carbonyl (C=O) groups excluding carboxylic acids is 1. The van der Waals surface area contributed by atoms with E-state index in [1.165, 1.54) is 7.11 Å². The summed E-state index contributed by atoms with van der Waals surface area (Å²) in [5, 5.41) is 0.339. The Hall–Kier alpha value is -1.14. The van der Waals surface area contributed by atoms with Crippen LogP contribution >= 0.6 is 0 Å². The van der Waals surface area contributed by atoms with Crippen LogP contribution in [0.3, 0.4) is 0 Å². The van der Waals surface area contributed by atoms with Gasteiger partial charge in [-0.2, -0.15) is 0 Å². The molecule has 6 heteroatoms. The number of hydrogen-bond acceptors (Lipinski definition) is 4. The molecule has 0 unspecified atom stereocenters. The summed E-state index contributed by atoms with van der Waals surface area (Å²) in [6.07, 6.45) is 14.2. The van der Waals surface area contributed by atoms with Gasteiger partial charge in [0.25, 0.3) is 0 Å². The Balaban J connectivity index is 2.34. The summed E-state index contributed by atoms with van der Waals surface area (Å²) in [5.74, 6) is 8.28. The summed E-state index contributed by atoms with van der Waals surface area (Å²) >= 11 is 0. The van der Waals surface area contributed by atoms with Crippen molar-refractivity contribution < 1.29 is 18.4 Å². The molecule has 234 valence electrons. The fraction of sp³-hybridized carbons (Fsp3) is 0.800. The van der Waals surface area contributed by atoms with Crippen molar-refractivity contribution in [2.45, 2.75) is 149 Å². The third kappa shape index (κ3) is 9.95. The monoisotopic (exact) mass is 602 g/mol. The number of rotatable bonds is 12. The van der Waals surface area contributed by atoms with Crippen molar-refractivity contribution in [2.24, 2.45) is 23.7 Å². The lowest BCUT2D eigenvalue weighted by molar-refractivity contribution is -0.140. The van der Waals surface area contributed by atoms with E-state index in [1.807, 2.05) is 6.92 Å². The molecule has 41 heavy (non-hydrogen) atoms. The molecule has 4 nitrogen and oxygen atoms in total. The zero-order valence-corrected chi connectivity index (χ0v) is 30.8. The SMILES string of the molecule is CC#CC[C@H](C)[C@@H](/C=C/[C@@H]1[C@H]2CC(=CCCCC(=O)OC)C[C@H]2C[C@H]1O[Si](C)(C)C(C)(C)C)O[Si](C)(C)C(C)(C)C. The van der Waals surface area contributed by atoms with Crippen LogP contribution in [0.15, 0.2) is 23.8 Å². The van der Waals surface area contributed by atoms with Gasteiger partial charge >= 0.3 is 5.97 Å². The van der Waals surface area contributed by atoms with Crippen LogP contribution in [-0.4, -0.2) is 41.9 Å². The first-order valence-electron chi connectivity index (χ1n) is 16.0. The summed E-state index contributed by atoms with van der Waals surface area (Å²) in [6.45, 7) is 27.7. The van der Waals surface area contributed by atoms with Gasteiger partial charge < -0.3 is 13.6 Å². The smallest absolute Gasteiger partial charge is 0.305 e. The van der Waals surface area contributed by atoms with E-state index < -0.39 is 16.6 Å². The van der Waals surface area contributed by atoms with E-state index in [9.17, 15) is 4.79 Å². The van der Waals surface area contributed by atoms with Gasteiger partial charge in [0.05, 0.1) is 19.3 Å². The Morgan fingerprint density at radius 3 is 2.24 bits per heavy atom. The van der Waals surface area contributed by atoms with Gasteiger partial charge in [0.15, 0.2) is 16.6 Å². The van der Waals surface area contributed by atoms with Crippen LogP contribution in [-0.2, 0) is 18.4 Å². The highest BCUT2D eigenvalue weighted by atomic mass is 28.4. The second-order valence-corrected chi connectivity index (χ2v) is 25.2. The Bertz CT molecular complexity index is 986. The lowest BCUT2D eigenvalue weighted by Crippen LogP contribution is -2.45. The van der Waals surface area contributed by atoms with Crippen LogP contribution < -0.4 is 0 Å².